The number of nitrogens with zero attached hydrogens (tertiary/aromatic N) is 2. The Morgan fingerprint density at radius 3 is 2.93 bits per heavy atom. The number of carbonyl (C=O) groups is 1. The van der Waals surface area contributed by atoms with Gasteiger partial charge in [-0.1, -0.05) is 30.3 Å². The number of hydrogen-bond acceptors (Lipinski definition) is 6. The predicted molar refractivity (Wildman–Crippen MR) is 113 cm³/mol. The number of aliphatic hydroxyl groups is 1. The zero-order valence-electron chi connectivity index (χ0n) is 16.6. The molecule has 1 atom stereocenters. The summed E-state index contributed by atoms with van der Waals surface area (Å²) in [6.07, 6.45) is 5.58. The molecule has 4 rings (SSSR count). The molecule has 0 aliphatic heterocycles. The lowest BCUT2D eigenvalue weighted by molar-refractivity contribution is -0.124. The average molecular weight is 407 g/mol. The Bertz CT molecular complexity index is 1030. The molecule has 0 fully saturated rings. The van der Waals surface area contributed by atoms with E-state index in [1.165, 1.54) is 17.2 Å². The highest BCUT2D eigenvalue weighted by atomic mass is 16.5. The molecule has 1 aliphatic carbocycles. The molecular formula is C23H25N3O4. The number of hydrogen-bond donors (Lipinski definition) is 3. The minimum atomic E-state index is -0.554. The first kappa shape index (κ1) is 20.3. The van der Waals surface area contributed by atoms with Crippen molar-refractivity contribution < 1.29 is 19.5 Å². The van der Waals surface area contributed by atoms with Crippen LogP contribution < -0.4 is 5.48 Å². The van der Waals surface area contributed by atoms with E-state index in [1.807, 2.05) is 30.3 Å². The first-order chi connectivity index (χ1) is 14.7. The van der Waals surface area contributed by atoms with Crippen LogP contribution in [0.25, 0.3) is 17.2 Å². The maximum atomic E-state index is 11.2. The first-order valence-electron chi connectivity index (χ1n) is 10.1. The Balaban J connectivity index is 1.47. The van der Waals surface area contributed by atoms with Gasteiger partial charge in [-0.15, -0.1) is 0 Å². The molecule has 1 unspecified atom stereocenters. The number of para-hydroxylation sites is 2. The molecule has 0 bridgehead atoms. The number of amides is 1. The fourth-order valence-electron chi connectivity index (χ4n) is 4.13. The molecule has 1 aromatic heterocycles. The summed E-state index contributed by atoms with van der Waals surface area (Å²) in [5, 5.41) is 18.2. The smallest absolute Gasteiger partial charge is 0.267 e. The number of carbonyl (C=O) groups excluding carboxylic acids is 1. The summed E-state index contributed by atoms with van der Waals surface area (Å²) < 4.78 is 5.84. The maximum absolute atomic E-state index is 11.2. The van der Waals surface area contributed by atoms with E-state index in [2.05, 4.69) is 22.0 Å². The summed E-state index contributed by atoms with van der Waals surface area (Å²) in [5.41, 5.74) is 6.66. The summed E-state index contributed by atoms with van der Waals surface area (Å²) >= 11 is 0. The Labute approximate surface area is 174 Å². The van der Waals surface area contributed by atoms with E-state index in [0.717, 1.165) is 36.0 Å². The Hall–Kier alpha value is -3.00. The second kappa shape index (κ2) is 9.21. The molecule has 3 aromatic rings. The van der Waals surface area contributed by atoms with Gasteiger partial charge in [0.05, 0.1) is 6.61 Å². The van der Waals surface area contributed by atoms with Crippen LogP contribution in [-0.2, 0) is 17.6 Å². The van der Waals surface area contributed by atoms with Crippen LogP contribution in [0.1, 0.15) is 35.0 Å². The van der Waals surface area contributed by atoms with Gasteiger partial charge in [-0.2, -0.15) is 0 Å². The van der Waals surface area contributed by atoms with Crippen molar-refractivity contribution in [1.29, 1.82) is 0 Å². The van der Waals surface area contributed by atoms with Crippen LogP contribution in [0.5, 0.6) is 0 Å². The van der Waals surface area contributed by atoms with Crippen LogP contribution in [0.2, 0.25) is 0 Å². The van der Waals surface area contributed by atoms with E-state index in [-0.39, 0.29) is 12.6 Å². The molecule has 0 saturated heterocycles. The third-order valence-electron chi connectivity index (χ3n) is 5.53. The molecule has 7 heteroatoms. The van der Waals surface area contributed by atoms with Crippen LogP contribution in [0.4, 0.5) is 0 Å². The van der Waals surface area contributed by atoms with Gasteiger partial charge in [-0.3, -0.25) is 14.9 Å². The van der Waals surface area contributed by atoms with Gasteiger partial charge in [0.2, 0.25) is 0 Å². The minimum absolute atomic E-state index is 0.0937. The summed E-state index contributed by atoms with van der Waals surface area (Å²) in [6.45, 7) is 1.43. The normalized spacial score (nSPS) is 15.9. The molecule has 0 spiro atoms. The highest BCUT2D eigenvalue weighted by Crippen LogP contribution is 2.36. The molecule has 30 heavy (non-hydrogen) atoms. The van der Waals surface area contributed by atoms with Crippen LogP contribution in [0, 0.1) is 0 Å². The number of rotatable bonds is 8. The lowest BCUT2D eigenvalue weighted by Crippen LogP contribution is -2.32. The van der Waals surface area contributed by atoms with Gasteiger partial charge in [0.25, 0.3) is 5.91 Å². The molecule has 7 nitrogen and oxygen atoms in total. The molecule has 0 saturated carbocycles. The Morgan fingerprint density at radius 2 is 2.13 bits per heavy atom. The molecule has 0 radical (unpaired) electrons. The van der Waals surface area contributed by atoms with E-state index in [0.29, 0.717) is 18.9 Å². The predicted octanol–water partition coefficient (Wildman–Crippen LogP) is 2.87. The number of aliphatic hydroxyl groups excluding tert-OH is 1. The van der Waals surface area contributed by atoms with E-state index in [1.54, 1.807) is 11.6 Å². The molecule has 156 valence electrons. The fraction of sp³-hybridized carbons (Fsp3) is 0.304. The van der Waals surface area contributed by atoms with E-state index in [4.69, 9.17) is 9.62 Å². The van der Waals surface area contributed by atoms with Gasteiger partial charge >= 0.3 is 0 Å². The second-order valence-electron chi connectivity index (χ2n) is 7.41. The molecule has 3 N–H and O–H groups in total. The third kappa shape index (κ3) is 4.43. The van der Waals surface area contributed by atoms with Gasteiger partial charge in [-0.05, 0) is 47.7 Å². The number of nitrogens with one attached hydrogen (secondary N) is 1. The second-order valence-corrected chi connectivity index (χ2v) is 7.41. The van der Waals surface area contributed by atoms with E-state index < -0.39 is 5.91 Å². The number of aryl methyl sites for hydroxylation is 1. The van der Waals surface area contributed by atoms with Crippen LogP contribution in [-0.4, -0.2) is 45.8 Å². The monoisotopic (exact) mass is 407 g/mol. The number of fused-ring (bicyclic) bond motifs is 2. The highest BCUT2D eigenvalue weighted by molar-refractivity contribution is 5.90. The van der Waals surface area contributed by atoms with Gasteiger partial charge in [-0.25, -0.2) is 10.5 Å². The number of oxazole rings is 1. The third-order valence-corrected chi connectivity index (χ3v) is 5.53. The number of hydroxylamine groups is 1. The van der Waals surface area contributed by atoms with Crippen molar-refractivity contribution in [1.82, 2.24) is 15.4 Å². The van der Waals surface area contributed by atoms with E-state index in [9.17, 15) is 9.90 Å². The van der Waals surface area contributed by atoms with Crippen molar-refractivity contribution in [2.24, 2.45) is 0 Å². The maximum Gasteiger partial charge on any atom is 0.267 e. The van der Waals surface area contributed by atoms with Crippen molar-refractivity contribution in [2.75, 3.05) is 19.7 Å². The van der Waals surface area contributed by atoms with Crippen LogP contribution in [0.15, 0.2) is 53.0 Å². The lowest BCUT2D eigenvalue weighted by Gasteiger charge is -2.28. The fourth-order valence-corrected chi connectivity index (χ4v) is 4.13. The summed E-state index contributed by atoms with van der Waals surface area (Å²) in [7, 11) is 0. The molecular weight excluding hydrogens is 382 g/mol. The summed E-state index contributed by atoms with van der Waals surface area (Å²) in [4.78, 5) is 18.0. The van der Waals surface area contributed by atoms with Crippen molar-refractivity contribution in [3.05, 3.63) is 71.1 Å². The van der Waals surface area contributed by atoms with Crippen molar-refractivity contribution in [3.63, 3.8) is 0 Å². The standard InChI is InChI=1S/C23H25N3O4/c27-14-13-26(12-11-23-24-19-3-1-2-4-21(19)30-23)20-9-7-17-15-16(5-8-18(17)20)6-10-22(28)25-29/h1-6,8,10,15,20,27,29H,7,9,11-14H2,(H,25,28)/b10-6+. The summed E-state index contributed by atoms with van der Waals surface area (Å²) in [5.74, 6) is 0.154. The number of benzene rings is 2. The average Bonchev–Trinajstić information content (AvgIpc) is 3.38. The zero-order chi connectivity index (χ0) is 20.9. The quantitative estimate of drug-likeness (QED) is 0.302. The molecule has 1 aliphatic rings. The van der Waals surface area contributed by atoms with Crippen molar-refractivity contribution in [3.8, 4) is 0 Å². The Morgan fingerprint density at radius 1 is 1.27 bits per heavy atom. The minimum Gasteiger partial charge on any atom is -0.441 e. The van der Waals surface area contributed by atoms with Crippen LogP contribution in [0.3, 0.4) is 0 Å². The largest absolute Gasteiger partial charge is 0.441 e. The lowest BCUT2D eigenvalue weighted by atomic mass is 10.0. The topological polar surface area (TPSA) is 98.8 Å². The van der Waals surface area contributed by atoms with Gasteiger partial charge < -0.3 is 9.52 Å². The van der Waals surface area contributed by atoms with Crippen LogP contribution >= 0.6 is 0 Å². The van der Waals surface area contributed by atoms with E-state index >= 15 is 0 Å². The molecule has 1 heterocycles. The van der Waals surface area contributed by atoms with Gasteiger partial charge in [0, 0.05) is 31.6 Å². The zero-order valence-corrected chi connectivity index (χ0v) is 16.6. The number of aromatic nitrogens is 1. The van der Waals surface area contributed by atoms with Gasteiger partial charge in [0.15, 0.2) is 11.5 Å². The highest BCUT2D eigenvalue weighted by Gasteiger charge is 2.28. The van der Waals surface area contributed by atoms with Crippen molar-refractivity contribution >= 4 is 23.1 Å². The van der Waals surface area contributed by atoms with Gasteiger partial charge in [0.1, 0.15) is 5.52 Å². The molecule has 1 amide bonds. The summed E-state index contributed by atoms with van der Waals surface area (Å²) in [6, 6.07) is 14.1. The first-order valence-corrected chi connectivity index (χ1v) is 10.1. The van der Waals surface area contributed by atoms with Crippen molar-refractivity contribution in [2.45, 2.75) is 25.3 Å². The Kier molecular flexibility index (Phi) is 6.23. The molecule has 2 aromatic carbocycles. The SMILES string of the molecule is O=C(/C=C/c1ccc2c(c1)CCC2N(CCO)CCc1nc2ccccc2o1)NO.